The van der Waals surface area contributed by atoms with Crippen LogP contribution in [0.1, 0.15) is 26.2 Å². The first-order valence-corrected chi connectivity index (χ1v) is 6.69. The molecule has 0 spiro atoms. The van der Waals surface area contributed by atoms with E-state index in [1.165, 1.54) is 6.42 Å². The summed E-state index contributed by atoms with van der Waals surface area (Å²) in [6, 6.07) is 0. The van der Waals surface area contributed by atoms with Gasteiger partial charge >= 0.3 is 0 Å². The van der Waals surface area contributed by atoms with Crippen LogP contribution in [0.25, 0.3) is 0 Å². The topological polar surface area (TPSA) is 64.0 Å². The summed E-state index contributed by atoms with van der Waals surface area (Å²) in [6.07, 6.45) is 3.41. The Labute approximate surface area is 109 Å². The highest BCUT2D eigenvalue weighted by atomic mass is 16.3. The number of nitrogens with zero attached hydrogens (tertiary/aromatic N) is 2. The minimum atomic E-state index is -0.545. The largest absolute Gasteiger partial charge is 0.396 e. The lowest BCUT2D eigenvalue weighted by atomic mass is 9.92. The molecule has 0 unspecified atom stereocenters. The van der Waals surface area contributed by atoms with Crippen LogP contribution >= 0.6 is 0 Å². The van der Waals surface area contributed by atoms with Crippen LogP contribution in [-0.2, 0) is 4.79 Å². The molecule has 1 rings (SSSR count). The third-order valence-electron chi connectivity index (χ3n) is 3.53. The number of piperidine rings is 1. The van der Waals surface area contributed by atoms with Gasteiger partial charge in [-0.1, -0.05) is 6.92 Å². The second-order valence-corrected chi connectivity index (χ2v) is 5.74. The van der Waals surface area contributed by atoms with Crippen molar-refractivity contribution in [3.8, 4) is 0 Å². The quantitative estimate of drug-likeness (QED) is 0.699. The Kier molecular flexibility index (Phi) is 6.05. The van der Waals surface area contributed by atoms with Crippen LogP contribution in [0, 0.1) is 5.41 Å². The van der Waals surface area contributed by atoms with Gasteiger partial charge in [-0.15, -0.1) is 0 Å². The van der Waals surface area contributed by atoms with Crippen LogP contribution in [0.15, 0.2) is 0 Å². The predicted octanol–water partition coefficient (Wildman–Crippen LogP) is -0.0784. The van der Waals surface area contributed by atoms with E-state index >= 15 is 0 Å². The van der Waals surface area contributed by atoms with E-state index in [4.69, 9.17) is 0 Å². The number of carbonyl (C=O) groups is 1. The molecular weight excluding hydrogens is 232 g/mol. The van der Waals surface area contributed by atoms with Gasteiger partial charge in [-0.2, -0.15) is 0 Å². The SMILES string of the molecule is CN(CC(=O)N1CCCCC1)CC(C)(CO)CO. The number of likely N-dealkylation sites (tertiary alicyclic amines) is 1. The van der Waals surface area contributed by atoms with Gasteiger partial charge in [0.2, 0.25) is 5.91 Å². The molecule has 0 bridgehead atoms. The Balaban J connectivity index is 2.38. The summed E-state index contributed by atoms with van der Waals surface area (Å²) >= 11 is 0. The van der Waals surface area contributed by atoms with Crippen molar-refractivity contribution in [2.45, 2.75) is 26.2 Å². The monoisotopic (exact) mass is 258 g/mol. The molecule has 0 aromatic carbocycles. The van der Waals surface area contributed by atoms with Crippen molar-refractivity contribution < 1.29 is 15.0 Å². The van der Waals surface area contributed by atoms with E-state index in [0.29, 0.717) is 13.1 Å². The van der Waals surface area contributed by atoms with Crippen molar-refractivity contribution >= 4 is 5.91 Å². The molecule has 106 valence electrons. The first-order chi connectivity index (χ1) is 8.50. The van der Waals surface area contributed by atoms with Crippen molar-refractivity contribution in [3.05, 3.63) is 0 Å². The summed E-state index contributed by atoms with van der Waals surface area (Å²) in [7, 11) is 1.85. The maximum atomic E-state index is 12.0. The normalized spacial score (nSPS) is 17.3. The summed E-state index contributed by atoms with van der Waals surface area (Å²) in [5.74, 6) is 0.149. The number of hydrogen-bond acceptors (Lipinski definition) is 4. The van der Waals surface area contributed by atoms with E-state index in [2.05, 4.69) is 0 Å². The number of amides is 1. The zero-order valence-electron chi connectivity index (χ0n) is 11.6. The zero-order valence-corrected chi connectivity index (χ0v) is 11.6. The van der Waals surface area contributed by atoms with Gasteiger partial charge in [-0.25, -0.2) is 0 Å². The highest BCUT2D eigenvalue weighted by Gasteiger charge is 2.26. The average molecular weight is 258 g/mol. The maximum absolute atomic E-state index is 12.0. The molecule has 0 aromatic rings. The molecule has 0 aromatic heterocycles. The van der Waals surface area contributed by atoms with Crippen LogP contribution in [0.2, 0.25) is 0 Å². The molecule has 1 amide bonds. The molecule has 5 nitrogen and oxygen atoms in total. The van der Waals surface area contributed by atoms with Crippen LogP contribution in [-0.4, -0.2) is 72.4 Å². The minimum absolute atomic E-state index is 0.0776. The molecule has 1 aliphatic heterocycles. The number of carbonyl (C=O) groups excluding carboxylic acids is 1. The number of likely N-dealkylation sites (N-methyl/N-ethyl adjacent to an activating group) is 1. The fourth-order valence-electron chi connectivity index (χ4n) is 2.33. The molecule has 2 N–H and O–H groups in total. The van der Waals surface area contributed by atoms with Crippen LogP contribution < -0.4 is 0 Å². The highest BCUT2D eigenvalue weighted by molar-refractivity contribution is 5.78. The van der Waals surface area contributed by atoms with Gasteiger partial charge in [-0.05, 0) is 26.3 Å². The lowest BCUT2D eigenvalue weighted by Gasteiger charge is -2.32. The van der Waals surface area contributed by atoms with Gasteiger partial charge in [0.1, 0.15) is 0 Å². The number of hydrogen-bond donors (Lipinski definition) is 2. The summed E-state index contributed by atoms with van der Waals surface area (Å²) in [5, 5.41) is 18.5. The number of aliphatic hydroxyl groups is 2. The highest BCUT2D eigenvalue weighted by Crippen LogP contribution is 2.16. The van der Waals surface area contributed by atoms with Crippen LogP contribution in [0.4, 0.5) is 0 Å². The van der Waals surface area contributed by atoms with E-state index in [0.717, 1.165) is 25.9 Å². The Morgan fingerprint density at radius 1 is 1.22 bits per heavy atom. The molecule has 1 heterocycles. The van der Waals surface area contributed by atoms with Crippen molar-refractivity contribution in [3.63, 3.8) is 0 Å². The van der Waals surface area contributed by atoms with Crippen LogP contribution in [0.3, 0.4) is 0 Å². The summed E-state index contributed by atoms with van der Waals surface area (Å²) in [5.41, 5.74) is -0.545. The molecule has 0 radical (unpaired) electrons. The third kappa shape index (κ3) is 4.55. The molecule has 0 aliphatic carbocycles. The van der Waals surface area contributed by atoms with Gasteiger partial charge in [0.15, 0.2) is 0 Å². The fourth-order valence-corrected chi connectivity index (χ4v) is 2.33. The minimum Gasteiger partial charge on any atom is -0.396 e. The van der Waals surface area contributed by atoms with Crippen molar-refractivity contribution in [2.24, 2.45) is 5.41 Å². The van der Waals surface area contributed by atoms with Crippen molar-refractivity contribution in [1.82, 2.24) is 9.80 Å². The van der Waals surface area contributed by atoms with E-state index in [1.54, 1.807) is 0 Å². The number of rotatable bonds is 6. The van der Waals surface area contributed by atoms with E-state index in [1.807, 2.05) is 23.8 Å². The lowest BCUT2D eigenvalue weighted by Crippen LogP contribution is -2.45. The van der Waals surface area contributed by atoms with Gasteiger partial charge in [0.25, 0.3) is 0 Å². The van der Waals surface area contributed by atoms with Crippen molar-refractivity contribution in [2.75, 3.05) is 46.4 Å². The summed E-state index contributed by atoms with van der Waals surface area (Å²) < 4.78 is 0. The van der Waals surface area contributed by atoms with Crippen molar-refractivity contribution in [1.29, 1.82) is 0 Å². The molecule has 5 heteroatoms. The number of aliphatic hydroxyl groups excluding tert-OH is 2. The van der Waals surface area contributed by atoms with Gasteiger partial charge in [0, 0.05) is 25.0 Å². The summed E-state index contributed by atoms with van der Waals surface area (Å²) in [4.78, 5) is 15.8. The first-order valence-electron chi connectivity index (χ1n) is 6.69. The first kappa shape index (κ1) is 15.4. The maximum Gasteiger partial charge on any atom is 0.236 e. The fraction of sp³-hybridized carbons (Fsp3) is 0.923. The van der Waals surface area contributed by atoms with Gasteiger partial charge < -0.3 is 15.1 Å². The van der Waals surface area contributed by atoms with Gasteiger partial charge in [-0.3, -0.25) is 9.69 Å². The Morgan fingerprint density at radius 3 is 2.28 bits per heavy atom. The molecule has 1 aliphatic rings. The Hall–Kier alpha value is -0.650. The predicted molar refractivity (Wildman–Crippen MR) is 70.2 cm³/mol. The third-order valence-corrected chi connectivity index (χ3v) is 3.53. The standard InChI is InChI=1S/C13H26N2O3/c1-13(10-16,11-17)9-14(2)8-12(18)15-6-4-3-5-7-15/h16-17H,3-11H2,1-2H3. The second kappa shape index (κ2) is 7.07. The molecule has 0 saturated carbocycles. The molecular formula is C13H26N2O3. The molecule has 1 fully saturated rings. The smallest absolute Gasteiger partial charge is 0.236 e. The Morgan fingerprint density at radius 2 is 1.78 bits per heavy atom. The van der Waals surface area contributed by atoms with Crippen LogP contribution in [0.5, 0.6) is 0 Å². The van der Waals surface area contributed by atoms with E-state index in [-0.39, 0.29) is 19.1 Å². The van der Waals surface area contributed by atoms with E-state index < -0.39 is 5.41 Å². The molecule has 18 heavy (non-hydrogen) atoms. The molecule has 0 atom stereocenters. The average Bonchev–Trinajstić information content (AvgIpc) is 2.39. The van der Waals surface area contributed by atoms with E-state index in [9.17, 15) is 15.0 Å². The lowest BCUT2D eigenvalue weighted by molar-refractivity contribution is -0.133. The Bertz CT molecular complexity index is 261. The molecule has 1 saturated heterocycles. The summed E-state index contributed by atoms with van der Waals surface area (Å²) in [6.45, 7) is 4.26. The second-order valence-electron chi connectivity index (χ2n) is 5.74. The van der Waals surface area contributed by atoms with Gasteiger partial charge in [0.05, 0.1) is 19.8 Å². The zero-order chi connectivity index (χ0) is 13.6.